The van der Waals surface area contributed by atoms with Gasteiger partial charge in [0.2, 0.25) is 0 Å². The molecule has 1 aromatic heterocycles. The van der Waals surface area contributed by atoms with Gasteiger partial charge in [-0.25, -0.2) is 4.98 Å². The van der Waals surface area contributed by atoms with Gasteiger partial charge in [0, 0.05) is 29.4 Å². The third kappa shape index (κ3) is 4.51. The van der Waals surface area contributed by atoms with Gasteiger partial charge in [0.25, 0.3) is 0 Å². The minimum Gasteiger partial charge on any atom is -0.395 e. The fourth-order valence-electron chi connectivity index (χ4n) is 2.77. The van der Waals surface area contributed by atoms with Crippen LogP contribution in [0, 0.1) is 23.7 Å². The first kappa shape index (κ1) is 16.0. The van der Waals surface area contributed by atoms with Gasteiger partial charge < -0.3 is 9.40 Å². The molecule has 0 bridgehead atoms. The van der Waals surface area contributed by atoms with Crippen LogP contribution < -0.4 is 0 Å². The molecule has 0 N–H and O–H groups in total. The van der Waals surface area contributed by atoms with E-state index in [0.717, 1.165) is 23.4 Å². The summed E-state index contributed by atoms with van der Waals surface area (Å²) >= 11 is 0. The van der Waals surface area contributed by atoms with E-state index in [4.69, 9.17) is 4.84 Å². The van der Waals surface area contributed by atoms with Crippen molar-refractivity contribution in [2.45, 2.75) is 38.6 Å². The maximum atomic E-state index is 5.65. The molecule has 0 amide bonds. The number of benzene rings is 1. The molecule has 0 spiro atoms. The molecule has 2 aliphatic rings. The predicted molar refractivity (Wildman–Crippen MR) is 98.1 cm³/mol. The second-order valence-corrected chi connectivity index (χ2v) is 6.99. The number of rotatable bonds is 6. The van der Waals surface area contributed by atoms with Crippen molar-refractivity contribution in [1.29, 1.82) is 0 Å². The van der Waals surface area contributed by atoms with Gasteiger partial charge >= 0.3 is 0 Å². The van der Waals surface area contributed by atoms with Crippen molar-refractivity contribution >= 4 is 5.71 Å². The Balaban J connectivity index is 1.47. The molecule has 2 aliphatic carbocycles. The lowest BCUT2D eigenvalue weighted by Gasteiger charge is -2.23. The molecule has 4 heteroatoms. The third-order valence-corrected chi connectivity index (χ3v) is 4.82. The topological polar surface area (TPSA) is 39.4 Å². The lowest BCUT2D eigenvalue weighted by Crippen LogP contribution is -2.17. The van der Waals surface area contributed by atoms with Crippen molar-refractivity contribution in [1.82, 2.24) is 9.55 Å². The first-order valence-corrected chi connectivity index (χ1v) is 9.13. The molecule has 2 fully saturated rings. The van der Waals surface area contributed by atoms with Gasteiger partial charge in [-0.2, -0.15) is 0 Å². The zero-order chi connectivity index (χ0) is 16.9. The zero-order valence-electron chi connectivity index (χ0n) is 14.4. The quantitative estimate of drug-likeness (QED) is 0.457. The highest BCUT2D eigenvalue weighted by Crippen LogP contribution is 2.27. The summed E-state index contributed by atoms with van der Waals surface area (Å²) in [6.45, 7) is 1.37. The maximum absolute atomic E-state index is 5.65. The summed E-state index contributed by atoms with van der Waals surface area (Å²) in [5.74, 6) is 7.86. The van der Waals surface area contributed by atoms with Gasteiger partial charge in [-0.05, 0) is 43.7 Å². The SMILES string of the molecule is C(#CC1CC1)c1ccc(/C(Cn2ccnc2)=N/OCC2CCC2)cc1. The van der Waals surface area contributed by atoms with E-state index in [1.807, 2.05) is 10.8 Å². The third-order valence-electron chi connectivity index (χ3n) is 4.82. The van der Waals surface area contributed by atoms with Crippen molar-refractivity contribution in [2.75, 3.05) is 6.61 Å². The van der Waals surface area contributed by atoms with Crippen LogP contribution in [0.15, 0.2) is 48.1 Å². The first-order valence-electron chi connectivity index (χ1n) is 9.13. The molecule has 2 saturated carbocycles. The normalized spacial score (nSPS) is 17.5. The van der Waals surface area contributed by atoms with Crippen LogP contribution in [0.5, 0.6) is 0 Å². The summed E-state index contributed by atoms with van der Waals surface area (Å²) in [5.41, 5.74) is 3.05. The summed E-state index contributed by atoms with van der Waals surface area (Å²) in [6.07, 6.45) is 11.9. The smallest absolute Gasteiger partial charge is 0.120 e. The van der Waals surface area contributed by atoms with Crippen LogP contribution in [0.1, 0.15) is 43.2 Å². The standard InChI is InChI=1S/C21H23N3O/c1-2-19(3-1)15-25-23-21(14-24-13-12-22-16-24)20-10-8-18(9-11-20)7-6-17-4-5-17/h8-13,16-17,19H,1-5,14-15H2/b23-21+. The van der Waals surface area contributed by atoms with Crippen LogP contribution in [0.3, 0.4) is 0 Å². The number of aromatic nitrogens is 2. The highest BCUT2D eigenvalue weighted by Gasteiger charge is 2.18. The Morgan fingerprint density at radius 3 is 2.68 bits per heavy atom. The number of nitrogens with zero attached hydrogens (tertiary/aromatic N) is 3. The summed E-state index contributed by atoms with van der Waals surface area (Å²) in [6, 6.07) is 8.30. The van der Waals surface area contributed by atoms with E-state index in [0.29, 0.717) is 18.4 Å². The maximum Gasteiger partial charge on any atom is 0.120 e. The first-order chi connectivity index (χ1) is 12.4. The van der Waals surface area contributed by atoms with Gasteiger partial charge in [0.05, 0.1) is 12.9 Å². The van der Waals surface area contributed by atoms with Crippen LogP contribution in [0.4, 0.5) is 0 Å². The molecule has 2 aromatic rings. The fourth-order valence-corrected chi connectivity index (χ4v) is 2.77. The number of hydrogen-bond donors (Lipinski definition) is 0. The van der Waals surface area contributed by atoms with Gasteiger partial charge in [0.1, 0.15) is 12.3 Å². The molecule has 25 heavy (non-hydrogen) atoms. The molecular weight excluding hydrogens is 310 g/mol. The Morgan fingerprint density at radius 1 is 1.20 bits per heavy atom. The average Bonchev–Trinajstić information content (AvgIpc) is 3.29. The summed E-state index contributed by atoms with van der Waals surface area (Å²) in [5, 5.41) is 4.44. The fraction of sp³-hybridized carbons (Fsp3) is 0.429. The largest absolute Gasteiger partial charge is 0.395 e. The van der Waals surface area contributed by atoms with E-state index >= 15 is 0 Å². The highest BCUT2D eigenvalue weighted by molar-refractivity contribution is 6.00. The van der Waals surface area contributed by atoms with Crippen LogP contribution in [-0.2, 0) is 11.4 Å². The number of oxime groups is 1. The second-order valence-electron chi connectivity index (χ2n) is 6.99. The molecule has 128 valence electrons. The van der Waals surface area contributed by atoms with Crippen LogP contribution in [-0.4, -0.2) is 21.9 Å². The monoisotopic (exact) mass is 333 g/mol. The lowest BCUT2D eigenvalue weighted by atomic mass is 9.86. The minimum atomic E-state index is 0.623. The van der Waals surface area contributed by atoms with Gasteiger partial charge in [-0.3, -0.25) is 0 Å². The van der Waals surface area contributed by atoms with Gasteiger partial charge in [-0.1, -0.05) is 35.6 Å². The van der Waals surface area contributed by atoms with E-state index in [2.05, 4.69) is 46.2 Å². The molecule has 4 rings (SSSR count). The van der Waals surface area contributed by atoms with Crippen molar-refractivity contribution in [3.05, 3.63) is 54.1 Å². The Labute approximate surface area is 148 Å². The van der Waals surface area contributed by atoms with Gasteiger partial charge in [-0.15, -0.1) is 0 Å². The number of imidazole rings is 1. The molecule has 0 aliphatic heterocycles. The zero-order valence-corrected chi connectivity index (χ0v) is 14.4. The molecule has 1 heterocycles. The molecule has 0 saturated heterocycles. The van der Waals surface area contributed by atoms with Crippen LogP contribution in [0.2, 0.25) is 0 Å². The minimum absolute atomic E-state index is 0.623. The van der Waals surface area contributed by atoms with Crippen molar-refractivity contribution in [2.24, 2.45) is 17.0 Å². The molecular formula is C21H23N3O. The van der Waals surface area contributed by atoms with E-state index in [9.17, 15) is 0 Å². The predicted octanol–water partition coefficient (Wildman–Crippen LogP) is 3.87. The number of hydrogen-bond acceptors (Lipinski definition) is 3. The van der Waals surface area contributed by atoms with Crippen molar-refractivity contribution < 1.29 is 4.84 Å². The lowest BCUT2D eigenvalue weighted by molar-refractivity contribution is 0.0753. The molecule has 0 unspecified atom stereocenters. The summed E-state index contributed by atoms with van der Waals surface area (Å²) in [7, 11) is 0. The summed E-state index contributed by atoms with van der Waals surface area (Å²) < 4.78 is 2.01. The van der Waals surface area contributed by atoms with E-state index in [1.165, 1.54) is 32.1 Å². The average molecular weight is 333 g/mol. The molecule has 0 atom stereocenters. The highest BCUT2D eigenvalue weighted by atomic mass is 16.6. The Bertz CT molecular complexity index is 773. The van der Waals surface area contributed by atoms with Gasteiger partial charge in [0.15, 0.2) is 0 Å². The van der Waals surface area contributed by atoms with Crippen LogP contribution >= 0.6 is 0 Å². The Hall–Kier alpha value is -2.54. The molecule has 0 radical (unpaired) electrons. The van der Waals surface area contributed by atoms with E-state index < -0.39 is 0 Å². The Morgan fingerprint density at radius 2 is 2.04 bits per heavy atom. The second kappa shape index (κ2) is 7.57. The van der Waals surface area contributed by atoms with E-state index in [1.54, 1.807) is 12.5 Å². The van der Waals surface area contributed by atoms with Crippen LogP contribution in [0.25, 0.3) is 0 Å². The van der Waals surface area contributed by atoms with E-state index in [-0.39, 0.29) is 0 Å². The molecule has 1 aromatic carbocycles. The van der Waals surface area contributed by atoms with Crippen molar-refractivity contribution in [3.63, 3.8) is 0 Å². The summed E-state index contributed by atoms with van der Waals surface area (Å²) in [4.78, 5) is 9.76. The molecule has 4 nitrogen and oxygen atoms in total. The van der Waals surface area contributed by atoms with Crippen molar-refractivity contribution in [3.8, 4) is 11.8 Å². The Kier molecular flexibility index (Phi) is 4.83.